The molecule has 3 rings (SSSR count). The third kappa shape index (κ3) is 2.66. The van der Waals surface area contributed by atoms with Crippen LogP contribution in [-0.4, -0.2) is 32.6 Å². The van der Waals surface area contributed by atoms with Gasteiger partial charge in [0.15, 0.2) is 5.69 Å². The number of H-pyrrole nitrogens is 2. The molecule has 0 spiro atoms. The first-order valence-electron chi connectivity index (χ1n) is 6.86. The zero-order valence-electron chi connectivity index (χ0n) is 11.1. The molecule has 0 atom stereocenters. The summed E-state index contributed by atoms with van der Waals surface area (Å²) in [5, 5.41) is 9.74. The van der Waals surface area contributed by atoms with Crippen LogP contribution in [0, 0.1) is 0 Å². The molecule has 1 saturated carbocycles. The average molecular weight is 274 g/mol. The average Bonchev–Trinajstić information content (AvgIpc) is 3.00. The predicted molar refractivity (Wildman–Crippen MR) is 74.2 cm³/mol. The lowest BCUT2D eigenvalue weighted by molar-refractivity contribution is 0.0949. The maximum absolute atomic E-state index is 12.0. The zero-order valence-corrected chi connectivity index (χ0v) is 11.1. The number of aromatic amines is 2. The molecule has 0 aromatic carbocycles. The van der Waals surface area contributed by atoms with Gasteiger partial charge in [0.25, 0.3) is 5.91 Å². The highest BCUT2D eigenvalue weighted by Gasteiger charge is 2.30. The summed E-state index contributed by atoms with van der Waals surface area (Å²) in [6.45, 7) is 0.574. The van der Waals surface area contributed by atoms with E-state index in [0.717, 1.165) is 37.2 Å². The van der Waals surface area contributed by atoms with Crippen molar-refractivity contribution in [2.75, 3.05) is 12.3 Å². The molecule has 2 aromatic heterocycles. The first-order chi connectivity index (χ1) is 9.75. The molecule has 20 heavy (non-hydrogen) atoms. The van der Waals surface area contributed by atoms with Gasteiger partial charge in [0.2, 0.25) is 0 Å². The highest BCUT2D eigenvalue weighted by Crippen LogP contribution is 2.42. The normalized spacial score (nSPS) is 14.4. The molecule has 0 aliphatic heterocycles. The number of hydrogen-bond acceptors (Lipinski definition) is 4. The molecule has 0 bridgehead atoms. The van der Waals surface area contributed by atoms with E-state index >= 15 is 0 Å². The third-order valence-corrected chi connectivity index (χ3v) is 3.46. The number of rotatable bonds is 6. The fourth-order valence-corrected chi connectivity index (χ4v) is 2.20. The lowest BCUT2D eigenvalue weighted by Gasteiger charge is -2.03. The maximum Gasteiger partial charge on any atom is 0.273 e. The van der Waals surface area contributed by atoms with Gasteiger partial charge < -0.3 is 16.0 Å². The summed E-state index contributed by atoms with van der Waals surface area (Å²) >= 11 is 0. The van der Waals surface area contributed by atoms with Gasteiger partial charge in [0.1, 0.15) is 5.82 Å². The number of hydrogen-bond donors (Lipinski definition) is 4. The second-order valence-corrected chi connectivity index (χ2v) is 5.07. The Balaban J connectivity index is 1.49. The van der Waals surface area contributed by atoms with Gasteiger partial charge in [0, 0.05) is 31.3 Å². The second-order valence-electron chi connectivity index (χ2n) is 5.07. The predicted octanol–water partition coefficient (Wildman–Crippen LogP) is 0.955. The molecule has 106 valence electrons. The van der Waals surface area contributed by atoms with Crippen molar-refractivity contribution in [3.8, 4) is 0 Å². The highest BCUT2D eigenvalue weighted by atomic mass is 16.1. The van der Waals surface area contributed by atoms with Gasteiger partial charge in [-0.25, -0.2) is 4.98 Å². The van der Waals surface area contributed by atoms with E-state index in [2.05, 4.69) is 25.5 Å². The van der Waals surface area contributed by atoms with Crippen LogP contribution in [0.2, 0.25) is 0 Å². The standard InChI is InChI=1S/C13H18N6O/c14-10-11(8-3-4-8)18-19-12(10)13(20)17-5-1-2-9-15-6-7-16-9/h6-8H,1-5,14H2,(H,15,16)(H,17,20)(H,18,19). The largest absolute Gasteiger partial charge is 0.395 e. The number of amides is 1. The quantitative estimate of drug-likeness (QED) is 0.587. The summed E-state index contributed by atoms with van der Waals surface area (Å²) < 4.78 is 0. The molecule has 1 aliphatic carbocycles. The number of carbonyl (C=O) groups is 1. The van der Waals surface area contributed by atoms with Crippen molar-refractivity contribution in [3.63, 3.8) is 0 Å². The molecule has 2 aromatic rings. The Morgan fingerprint density at radius 2 is 2.35 bits per heavy atom. The van der Waals surface area contributed by atoms with Crippen LogP contribution in [0.5, 0.6) is 0 Å². The van der Waals surface area contributed by atoms with Crippen LogP contribution in [0.25, 0.3) is 0 Å². The SMILES string of the molecule is Nc1c(C(=O)NCCCc2ncc[nH]2)n[nH]c1C1CC1. The van der Waals surface area contributed by atoms with Gasteiger partial charge in [-0.3, -0.25) is 9.89 Å². The number of aromatic nitrogens is 4. The highest BCUT2D eigenvalue weighted by molar-refractivity contribution is 5.97. The molecule has 7 heteroatoms. The number of carbonyl (C=O) groups excluding carboxylic acids is 1. The van der Waals surface area contributed by atoms with Gasteiger partial charge in [0.05, 0.1) is 11.4 Å². The van der Waals surface area contributed by atoms with Crippen molar-refractivity contribution in [2.45, 2.75) is 31.6 Å². The molecule has 5 N–H and O–H groups in total. The third-order valence-electron chi connectivity index (χ3n) is 3.46. The van der Waals surface area contributed by atoms with E-state index in [9.17, 15) is 4.79 Å². The van der Waals surface area contributed by atoms with Crippen molar-refractivity contribution in [3.05, 3.63) is 29.6 Å². The van der Waals surface area contributed by atoms with E-state index in [0.29, 0.717) is 23.8 Å². The smallest absolute Gasteiger partial charge is 0.273 e. The Bertz CT molecular complexity index is 584. The fraction of sp³-hybridized carbons (Fsp3) is 0.462. The molecule has 1 amide bonds. The summed E-state index contributed by atoms with van der Waals surface area (Å²) in [6.07, 6.45) is 7.37. The molecular formula is C13H18N6O. The van der Waals surface area contributed by atoms with Crippen LogP contribution in [0.15, 0.2) is 12.4 Å². The maximum atomic E-state index is 12.0. The van der Waals surface area contributed by atoms with Gasteiger partial charge >= 0.3 is 0 Å². The van der Waals surface area contributed by atoms with E-state index in [1.807, 2.05) is 0 Å². The van der Waals surface area contributed by atoms with E-state index in [1.54, 1.807) is 12.4 Å². The lowest BCUT2D eigenvalue weighted by Crippen LogP contribution is -2.26. The van der Waals surface area contributed by atoms with Gasteiger partial charge in [-0.2, -0.15) is 5.10 Å². The lowest BCUT2D eigenvalue weighted by atomic mass is 10.2. The molecule has 1 aliphatic rings. The summed E-state index contributed by atoms with van der Waals surface area (Å²) in [7, 11) is 0. The first-order valence-corrected chi connectivity index (χ1v) is 6.86. The fourth-order valence-electron chi connectivity index (χ4n) is 2.20. The van der Waals surface area contributed by atoms with Crippen molar-refractivity contribution in [1.29, 1.82) is 0 Å². The number of nitrogens with zero attached hydrogens (tertiary/aromatic N) is 2. The minimum Gasteiger partial charge on any atom is -0.395 e. The summed E-state index contributed by atoms with van der Waals surface area (Å²) in [5.74, 6) is 1.17. The molecular weight excluding hydrogens is 256 g/mol. The van der Waals surface area contributed by atoms with Crippen LogP contribution in [0.1, 0.15) is 47.2 Å². The van der Waals surface area contributed by atoms with Crippen molar-refractivity contribution in [1.82, 2.24) is 25.5 Å². The monoisotopic (exact) mass is 274 g/mol. The summed E-state index contributed by atoms with van der Waals surface area (Å²) in [6, 6.07) is 0. The van der Waals surface area contributed by atoms with Gasteiger partial charge in [-0.15, -0.1) is 0 Å². The van der Waals surface area contributed by atoms with E-state index in [-0.39, 0.29) is 5.91 Å². The molecule has 2 heterocycles. The Hall–Kier alpha value is -2.31. The Labute approximate surface area is 116 Å². The summed E-state index contributed by atoms with van der Waals surface area (Å²) in [5.41, 5.74) is 7.67. The number of aryl methyl sites for hydroxylation is 1. The number of nitrogen functional groups attached to an aromatic ring is 1. The first kappa shape index (κ1) is 12.7. The van der Waals surface area contributed by atoms with Crippen molar-refractivity contribution >= 4 is 11.6 Å². The van der Waals surface area contributed by atoms with Crippen molar-refractivity contribution in [2.24, 2.45) is 0 Å². The molecule has 1 fully saturated rings. The molecule has 0 unspecified atom stereocenters. The molecule has 0 saturated heterocycles. The van der Waals surface area contributed by atoms with E-state index in [4.69, 9.17) is 5.73 Å². The number of imidazole rings is 1. The minimum absolute atomic E-state index is 0.218. The van der Waals surface area contributed by atoms with Crippen LogP contribution in [0.3, 0.4) is 0 Å². The topological polar surface area (TPSA) is 112 Å². The van der Waals surface area contributed by atoms with Crippen molar-refractivity contribution < 1.29 is 4.79 Å². The number of anilines is 1. The van der Waals surface area contributed by atoms with E-state index < -0.39 is 0 Å². The van der Waals surface area contributed by atoms with Crippen LogP contribution in [-0.2, 0) is 6.42 Å². The molecule has 7 nitrogen and oxygen atoms in total. The second kappa shape index (κ2) is 5.36. The van der Waals surface area contributed by atoms with Crippen LogP contribution >= 0.6 is 0 Å². The van der Waals surface area contributed by atoms with Crippen LogP contribution < -0.4 is 11.1 Å². The number of nitrogens with two attached hydrogens (primary N) is 1. The summed E-state index contributed by atoms with van der Waals surface area (Å²) in [4.78, 5) is 19.1. The minimum atomic E-state index is -0.218. The van der Waals surface area contributed by atoms with Crippen LogP contribution in [0.4, 0.5) is 5.69 Å². The van der Waals surface area contributed by atoms with Gasteiger partial charge in [-0.05, 0) is 19.3 Å². The van der Waals surface area contributed by atoms with Gasteiger partial charge in [-0.1, -0.05) is 0 Å². The Kier molecular flexibility index (Phi) is 3.41. The van der Waals surface area contributed by atoms with E-state index in [1.165, 1.54) is 0 Å². The number of nitrogens with one attached hydrogen (secondary N) is 3. The Morgan fingerprint density at radius 3 is 3.05 bits per heavy atom. The Morgan fingerprint density at radius 1 is 1.50 bits per heavy atom. The molecule has 0 radical (unpaired) electrons. The zero-order chi connectivity index (χ0) is 13.9.